The molecule has 0 heterocycles. The largest absolute Gasteiger partial charge is 0.394 e. The molecule has 0 saturated heterocycles. The van der Waals surface area contributed by atoms with E-state index in [1.165, 1.54) is 0 Å². The van der Waals surface area contributed by atoms with E-state index in [1.54, 1.807) is 12.1 Å². The Balaban J connectivity index is 2.43. The minimum atomic E-state index is -1.47. The van der Waals surface area contributed by atoms with Crippen LogP contribution in [0.25, 0.3) is 0 Å². The molecule has 0 aliphatic rings. The highest BCUT2D eigenvalue weighted by atomic mass is 16.4. The number of aliphatic hydroxyl groups excluding tert-OH is 4. The first-order valence-corrected chi connectivity index (χ1v) is 5.14. The van der Waals surface area contributed by atoms with Crippen LogP contribution in [0.3, 0.4) is 0 Å². The Labute approximate surface area is 98.8 Å². The van der Waals surface area contributed by atoms with Crippen molar-refractivity contribution < 1.29 is 20.4 Å². The summed E-state index contributed by atoms with van der Waals surface area (Å²) in [5.41, 5.74) is 3.37. The Hall–Kier alpha value is -1.47. The highest BCUT2D eigenvalue weighted by Crippen LogP contribution is 2.04. The number of rotatable bonds is 6. The number of hydrogen-bond donors (Lipinski definition) is 5. The number of nitrogens with zero attached hydrogens (tertiary/aromatic N) is 1. The fourth-order valence-electron chi connectivity index (χ4n) is 1.12. The van der Waals surface area contributed by atoms with E-state index in [1.807, 2.05) is 18.2 Å². The SMILES string of the molecule is OC[C@@H](O)[C@H](O)[C@@H](O)C=NNc1ccccc1. The third-order valence-electron chi connectivity index (χ3n) is 2.13. The smallest absolute Gasteiger partial charge is 0.119 e. The molecule has 0 aliphatic heterocycles. The molecule has 0 saturated carbocycles. The summed E-state index contributed by atoms with van der Waals surface area (Å²) in [6.07, 6.45) is -3.17. The molecule has 0 amide bonds. The van der Waals surface area contributed by atoms with Gasteiger partial charge in [0, 0.05) is 0 Å². The summed E-state index contributed by atoms with van der Waals surface area (Å²) < 4.78 is 0. The molecule has 0 spiro atoms. The lowest BCUT2D eigenvalue weighted by molar-refractivity contribution is -0.0541. The maximum Gasteiger partial charge on any atom is 0.119 e. The van der Waals surface area contributed by atoms with Crippen molar-refractivity contribution in [3.63, 3.8) is 0 Å². The van der Waals surface area contributed by atoms with Crippen LogP contribution in [-0.2, 0) is 0 Å². The van der Waals surface area contributed by atoms with Gasteiger partial charge in [0.2, 0.25) is 0 Å². The predicted molar refractivity (Wildman–Crippen MR) is 63.7 cm³/mol. The van der Waals surface area contributed by atoms with Crippen molar-refractivity contribution in [2.24, 2.45) is 5.10 Å². The van der Waals surface area contributed by atoms with Crippen LogP contribution < -0.4 is 5.43 Å². The van der Waals surface area contributed by atoms with Gasteiger partial charge in [-0.25, -0.2) is 0 Å². The van der Waals surface area contributed by atoms with Crippen LogP contribution in [0, 0.1) is 0 Å². The second-order valence-corrected chi connectivity index (χ2v) is 3.49. The first kappa shape index (κ1) is 13.6. The van der Waals surface area contributed by atoms with E-state index in [0.717, 1.165) is 11.9 Å². The van der Waals surface area contributed by atoms with Crippen molar-refractivity contribution in [1.82, 2.24) is 0 Å². The van der Waals surface area contributed by atoms with E-state index in [4.69, 9.17) is 10.2 Å². The van der Waals surface area contributed by atoms with E-state index in [-0.39, 0.29) is 0 Å². The van der Waals surface area contributed by atoms with E-state index >= 15 is 0 Å². The molecule has 5 N–H and O–H groups in total. The molecule has 3 atom stereocenters. The Morgan fingerprint density at radius 2 is 1.82 bits per heavy atom. The molecule has 6 heteroatoms. The molecular formula is C11H16N2O4. The van der Waals surface area contributed by atoms with Gasteiger partial charge < -0.3 is 20.4 Å². The minimum Gasteiger partial charge on any atom is -0.394 e. The van der Waals surface area contributed by atoms with Gasteiger partial charge in [0.15, 0.2) is 0 Å². The van der Waals surface area contributed by atoms with Crippen molar-refractivity contribution in [3.8, 4) is 0 Å². The summed E-state index contributed by atoms with van der Waals surface area (Å²) in [4.78, 5) is 0. The Bertz CT molecular complexity index is 345. The number of hydrogen-bond acceptors (Lipinski definition) is 6. The molecule has 1 aromatic rings. The number of benzene rings is 1. The van der Waals surface area contributed by atoms with Gasteiger partial charge in [-0.05, 0) is 12.1 Å². The minimum absolute atomic E-state index is 0.627. The van der Waals surface area contributed by atoms with Gasteiger partial charge >= 0.3 is 0 Å². The lowest BCUT2D eigenvalue weighted by Gasteiger charge is -2.18. The molecule has 1 aromatic carbocycles. The molecule has 0 fully saturated rings. The number of anilines is 1. The van der Waals surface area contributed by atoms with Crippen LogP contribution in [0.2, 0.25) is 0 Å². The normalized spacial score (nSPS) is 16.7. The molecule has 6 nitrogen and oxygen atoms in total. The number of para-hydroxylation sites is 1. The molecule has 0 radical (unpaired) electrons. The van der Waals surface area contributed by atoms with E-state index in [2.05, 4.69) is 10.5 Å². The summed E-state index contributed by atoms with van der Waals surface area (Å²) in [5, 5.41) is 40.0. The molecule has 0 bridgehead atoms. The molecular weight excluding hydrogens is 224 g/mol. The summed E-state index contributed by atoms with van der Waals surface area (Å²) in [7, 11) is 0. The Morgan fingerprint density at radius 1 is 1.18 bits per heavy atom. The average molecular weight is 240 g/mol. The van der Waals surface area contributed by atoms with Crippen molar-refractivity contribution in [2.45, 2.75) is 18.3 Å². The second kappa shape index (κ2) is 6.97. The average Bonchev–Trinajstić information content (AvgIpc) is 2.38. The molecule has 0 unspecified atom stereocenters. The van der Waals surface area contributed by atoms with Crippen molar-refractivity contribution in [2.75, 3.05) is 12.0 Å². The zero-order chi connectivity index (χ0) is 12.7. The van der Waals surface area contributed by atoms with E-state index in [0.29, 0.717) is 0 Å². The van der Waals surface area contributed by atoms with Gasteiger partial charge in [0.05, 0.1) is 18.5 Å². The van der Waals surface area contributed by atoms with Gasteiger partial charge in [-0.15, -0.1) is 0 Å². The first-order valence-electron chi connectivity index (χ1n) is 5.14. The second-order valence-electron chi connectivity index (χ2n) is 3.49. The Kier molecular flexibility index (Phi) is 5.58. The Morgan fingerprint density at radius 3 is 2.41 bits per heavy atom. The zero-order valence-corrected chi connectivity index (χ0v) is 9.14. The lowest BCUT2D eigenvalue weighted by Crippen LogP contribution is -2.40. The van der Waals surface area contributed by atoms with Crippen LogP contribution in [0.1, 0.15) is 0 Å². The highest BCUT2D eigenvalue weighted by molar-refractivity contribution is 5.65. The van der Waals surface area contributed by atoms with Crippen molar-refractivity contribution >= 4 is 11.9 Å². The highest BCUT2D eigenvalue weighted by Gasteiger charge is 2.22. The van der Waals surface area contributed by atoms with Gasteiger partial charge in [-0.2, -0.15) is 5.10 Å². The summed E-state index contributed by atoms with van der Waals surface area (Å²) in [6.45, 7) is -0.627. The van der Waals surface area contributed by atoms with Crippen LogP contribution in [0.4, 0.5) is 5.69 Å². The van der Waals surface area contributed by atoms with Crippen LogP contribution in [-0.4, -0.2) is 51.6 Å². The fraction of sp³-hybridized carbons (Fsp3) is 0.364. The first-order chi connectivity index (χ1) is 8.15. The van der Waals surface area contributed by atoms with Crippen LogP contribution in [0.5, 0.6) is 0 Å². The standard InChI is InChI=1S/C11H16N2O4/c14-7-10(16)11(17)9(15)6-12-13-8-4-2-1-3-5-8/h1-6,9-11,13-17H,7H2/t9-,10+,11+/m0/s1. The van der Waals surface area contributed by atoms with Gasteiger partial charge in [-0.1, -0.05) is 18.2 Å². The van der Waals surface area contributed by atoms with Gasteiger partial charge in [0.25, 0.3) is 0 Å². The topological polar surface area (TPSA) is 105 Å². The van der Waals surface area contributed by atoms with Crippen LogP contribution in [0.15, 0.2) is 35.4 Å². The lowest BCUT2D eigenvalue weighted by atomic mass is 10.1. The quantitative estimate of drug-likeness (QED) is 0.329. The summed E-state index contributed by atoms with van der Waals surface area (Å²) in [5.74, 6) is 0. The molecule has 0 aromatic heterocycles. The van der Waals surface area contributed by atoms with Crippen molar-refractivity contribution in [3.05, 3.63) is 30.3 Å². The van der Waals surface area contributed by atoms with Crippen LogP contribution >= 0.6 is 0 Å². The predicted octanol–water partition coefficient (Wildman–Crippen LogP) is -0.841. The van der Waals surface area contributed by atoms with Gasteiger partial charge in [0.1, 0.15) is 18.3 Å². The molecule has 0 aliphatic carbocycles. The molecule has 17 heavy (non-hydrogen) atoms. The van der Waals surface area contributed by atoms with E-state index < -0.39 is 24.9 Å². The summed E-state index contributed by atoms with van der Waals surface area (Å²) in [6, 6.07) is 9.05. The zero-order valence-electron chi connectivity index (χ0n) is 9.14. The number of nitrogens with one attached hydrogen (secondary N) is 1. The fourth-order valence-corrected chi connectivity index (χ4v) is 1.12. The maximum atomic E-state index is 9.39. The summed E-state index contributed by atoms with van der Waals surface area (Å²) >= 11 is 0. The molecule has 1 rings (SSSR count). The molecule has 94 valence electrons. The maximum absolute atomic E-state index is 9.39. The van der Waals surface area contributed by atoms with Crippen molar-refractivity contribution in [1.29, 1.82) is 0 Å². The number of hydrazone groups is 1. The number of aliphatic hydroxyl groups is 4. The van der Waals surface area contributed by atoms with E-state index in [9.17, 15) is 10.2 Å². The third-order valence-corrected chi connectivity index (χ3v) is 2.13. The van der Waals surface area contributed by atoms with Gasteiger partial charge in [-0.3, -0.25) is 5.43 Å². The monoisotopic (exact) mass is 240 g/mol. The third kappa shape index (κ3) is 4.49.